The molecule has 5 nitrogen and oxygen atoms in total. The van der Waals surface area contributed by atoms with Gasteiger partial charge in [0.1, 0.15) is 5.01 Å². The summed E-state index contributed by atoms with van der Waals surface area (Å²) in [7, 11) is 0. The number of benzene rings is 1. The quantitative estimate of drug-likeness (QED) is 0.699. The van der Waals surface area contributed by atoms with E-state index < -0.39 is 0 Å². The van der Waals surface area contributed by atoms with E-state index in [0.29, 0.717) is 11.3 Å². The molecular weight excluding hydrogens is 378 g/mol. The zero-order valence-corrected chi connectivity index (χ0v) is 16.3. The molecule has 0 aliphatic carbocycles. The maximum atomic E-state index is 12.4. The van der Waals surface area contributed by atoms with Crippen LogP contribution in [0.1, 0.15) is 28.9 Å². The van der Waals surface area contributed by atoms with Crippen LogP contribution in [-0.4, -0.2) is 34.8 Å². The summed E-state index contributed by atoms with van der Waals surface area (Å²) in [5.41, 5.74) is 2.11. The Balaban J connectivity index is 1.35. The van der Waals surface area contributed by atoms with Gasteiger partial charge in [0.15, 0.2) is 0 Å². The molecule has 1 saturated heterocycles. The summed E-state index contributed by atoms with van der Waals surface area (Å²) < 4.78 is 0. The van der Waals surface area contributed by atoms with Crippen LogP contribution in [0.4, 0.5) is 5.69 Å². The van der Waals surface area contributed by atoms with E-state index in [1.54, 1.807) is 46.9 Å². The Hall–Kier alpha value is -2.51. The fraction of sp³-hybridized carbons (Fsp3) is 0.250. The van der Waals surface area contributed by atoms with Crippen molar-refractivity contribution >= 4 is 40.2 Å². The van der Waals surface area contributed by atoms with E-state index >= 15 is 0 Å². The molecule has 2 amide bonds. The van der Waals surface area contributed by atoms with Crippen molar-refractivity contribution in [2.24, 2.45) is 0 Å². The van der Waals surface area contributed by atoms with E-state index in [4.69, 9.17) is 0 Å². The molecule has 0 bridgehead atoms. The number of nitrogens with zero attached hydrogens (tertiary/aromatic N) is 2. The van der Waals surface area contributed by atoms with Crippen LogP contribution < -0.4 is 5.32 Å². The monoisotopic (exact) mass is 397 g/mol. The summed E-state index contributed by atoms with van der Waals surface area (Å²) >= 11 is 3.19. The third-order valence-corrected chi connectivity index (χ3v) is 6.36. The molecular formula is C20H19N3O2S2. The molecule has 2 aromatic heterocycles. The third-order valence-electron chi connectivity index (χ3n) is 4.43. The number of carbonyl (C=O) groups excluding carboxylic acids is 2. The number of thiazole rings is 1. The molecule has 0 saturated carbocycles. The average molecular weight is 398 g/mol. The molecule has 138 valence electrons. The summed E-state index contributed by atoms with van der Waals surface area (Å²) in [6.45, 7) is 1.66. The molecule has 4 rings (SSSR count). The number of rotatable bonds is 5. The van der Waals surface area contributed by atoms with Crippen LogP contribution in [0.5, 0.6) is 0 Å². The lowest BCUT2D eigenvalue weighted by atomic mass is 10.2. The summed E-state index contributed by atoms with van der Waals surface area (Å²) in [5.74, 6) is -0.0504. The number of aromatic nitrogens is 1. The maximum absolute atomic E-state index is 12.4. The van der Waals surface area contributed by atoms with Crippen molar-refractivity contribution in [2.75, 3.05) is 18.4 Å². The predicted molar refractivity (Wildman–Crippen MR) is 109 cm³/mol. The van der Waals surface area contributed by atoms with Gasteiger partial charge in [0.05, 0.1) is 17.0 Å². The Morgan fingerprint density at radius 1 is 1.07 bits per heavy atom. The molecule has 1 fully saturated rings. The van der Waals surface area contributed by atoms with Crippen molar-refractivity contribution in [3.8, 4) is 9.88 Å². The van der Waals surface area contributed by atoms with Gasteiger partial charge < -0.3 is 10.2 Å². The molecule has 0 spiro atoms. The van der Waals surface area contributed by atoms with Gasteiger partial charge in [-0.05, 0) is 48.6 Å². The molecule has 0 radical (unpaired) electrons. The first kappa shape index (κ1) is 17.9. The molecule has 27 heavy (non-hydrogen) atoms. The third kappa shape index (κ3) is 4.26. The first-order chi connectivity index (χ1) is 13.2. The predicted octanol–water partition coefficient (Wildman–Crippen LogP) is 4.29. The van der Waals surface area contributed by atoms with Gasteiger partial charge in [-0.2, -0.15) is 0 Å². The number of thiophene rings is 1. The molecule has 1 aromatic carbocycles. The second kappa shape index (κ2) is 8.02. The number of hydrogen-bond acceptors (Lipinski definition) is 5. The highest BCUT2D eigenvalue weighted by Crippen LogP contribution is 2.28. The number of likely N-dealkylation sites (tertiary alicyclic amines) is 1. The van der Waals surface area contributed by atoms with E-state index in [1.807, 2.05) is 27.8 Å². The summed E-state index contributed by atoms with van der Waals surface area (Å²) in [6, 6.07) is 11.1. The van der Waals surface area contributed by atoms with Crippen LogP contribution in [0.15, 0.2) is 47.2 Å². The van der Waals surface area contributed by atoms with Crippen molar-refractivity contribution in [2.45, 2.75) is 19.3 Å². The maximum Gasteiger partial charge on any atom is 0.253 e. The smallest absolute Gasteiger partial charge is 0.253 e. The van der Waals surface area contributed by atoms with Gasteiger partial charge in [-0.25, -0.2) is 4.98 Å². The number of nitrogens with one attached hydrogen (secondary N) is 1. The van der Waals surface area contributed by atoms with Crippen LogP contribution >= 0.6 is 22.7 Å². The molecule has 7 heteroatoms. The lowest BCUT2D eigenvalue weighted by molar-refractivity contribution is -0.115. The molecule has 1 aliphatic rings. The Morgan fingerprint density at radius 2 is 1.85 bits per heavy atom. The van der Waals surface area contributed by atoms with E-state index in [1.165, 1.54) is 0 Å². The minimum absolute atomic E-state index is 0.0638. The van der Waals surface area contributed by atoms with Gasteiger partial charge in [-0.15, -0.1) is 22.7 Å². The number of hydrogen-bond donors (Lipinski definition) is 1. The number of amides is 2. The zero-order chi connectivity index (χ0) is 18.6. The molecule has 1 aliphatic heterocycles. The molecule has 0 atom stereocenters. The first-order valence-electron chi connectivity index (χ1n) is 8.86. The van der Waals surface area contributed by atoms with Crippen molar-refractivity contribution < 1.29 is 9.59 Å². The van der Waals surface area contributed by atoms with Crippen LogP contribution in [-0.2, 0) is 11.2 Å². The SMILES string of the molecule is O=C(Cc1csc(-c2cccs2)n1)Nc1ccc(C(=O)N2CCCC2)cc1. The highest BCUT2D eigenvalue weighted by atomic mass is 32.1. The van der Waals surface area contributed by atoms with Gasteiger partial charge in [-0.1, -0.05) is 6.07 Å². The van der Waals surface area contributed by atoms with Crippen LogP contribution in [0.2, 0.25) is 0 Å². The highest BCUT2D eigenvalue weighted by molar-refractivity contribution is 7.20. The topological polar surface area (TPSA) is 62.3 Å². The van der Waals surface area contributed by atoms with E-state index in [-0.39, 0.29) is 18.2 Å². The first-order valence-corrected chi connectivity index (χ1v) is 10.6. The van der Waals surface area contributed by atoms with E-state index in [0.717, 1.165) is 41.5 Å². The largest absolute Gasteiger partial charge is 0.339 e. The minimum Gasteiger partial charge on any atom is -0.339 e. The molecule has 3 aromatic rings. The van der Waals surface area contributed by atoms with Crippen molar-refractivity contribution in [1.29, 1.82) is 0 Å². The summed E-state index contributed by atoms with van der Waals surface area (Å²) in [5, 5.41) is 7.75. The number of anilines is 1. The standard InChI is InChI=1S/C20H19N3O2S2/c24-18(12-16-13-27-19(22-16)17-4-3-11-26-17)21-15-7-5-14(6-8-15)20(25)23-9-1-2-10-23/h3-8,11,13H,1-2,9-10,12H2,(H,21,24). The Morgan fingerprint density at radius 3 is 2.56 bits per heavy atom. The summed E-state index contributed by atoms with van der Waals surface area (Å²) in [4.78, 5) is 32.2. The van der Waals surface area contributed by atoms with Gasteiger partial charge >= 0.3 is 0 Å². The Kier molecular flexibility index (Phi) is 5.31. The second-order valence-electron chi connectivity index (χ2n) is 6.42. The van der Waals surface area contributed by atoms with Crippen molar-refractivity contribution in [3.05, 3.63) is 58.4 Å². The average Bonchev–Trinajstić information content (AvgIpc) is 3.43. The van der Waals surface area contributed by atoms with Crippen molar-refractivity contribution in [3.63, 3.8) is 0 Å². The highest BCUT2D eigenvalue weighted by Gasteiger charge is 2.19. The van der Waals surface area contributed by atoms with Gasteiger partial charge in [0.2, 0.25) is 5.91 Å². The fourth-order valence-corrected chi connectivity index (χ4v) is 4.70. The number of carbonyl (C=O) groups is 2. The second-order valence-corrected chi connectivity index (χ2v) is 8.23. The van der Waals surface area contributed by atoms with Crippen LogP contribution in [0.3, 0.4) is 0 Å². The zero-order valence-electron chi connectivity index (χ0n) is 14.7. The van der Waals surface area contributed by atoms with Crippen LogP contribution in [0, 0.1) is 0 Å². The summed E-state index contributed by atoms with van der Waals surface area (Å²) in [6.07, 6.45) is 2.38. The van der Waals surface area contributed by atoms with Gasteiger partial charge in [0, 0.05) is 29.7 Å². The Bertz CT molecular complexity index is 927. The van der Waals surface area contributed by atoms with Crippen LogP contribution in [0.25, 0.3) is 9.88 Å². The molecule has 0 unspecified atom stereocenters. The molecule has 3 heterocycles. The van der Waals surface area contributed by atoms with E-state index in [2.05, 4.69) is 10.3 Å². The lowest BCUT2D eigenvalue weighted by Gasteiger charge is -2.15. The van der Waals surface area contributed by atoms with Gasteiger partial charge in [-0.3, -0.25) is 9.59 Å². The van der Waals surface area contributed by atoms with Crippen molar-refractivity contribution in [1.82, 2.24) is 9.88 Å². The minimum atomic E-state index is -0.114. The molecule has 1 N–H and O–H groups in total. The van der Waals surface area contributed by atoms with E-state index in [9.17, 15) is 9.59 Å². The normalized spacial score (nSPS) is 13.7. The Labute approximate surface area is 165 Å². The lowest BCUT2D eigenvalue weighted by Crippen LogP contribution is -2.27. The fourth-order valence-electron chi connectivity index (χ4n) is 3.07. The van der Waals surface area contributed by atoms with Gasteiger partial charge in [0.25, 0.3) is 5.91 Å².